The van der Waals surface area contributed by atoms with E-state index in [0.717, 1.165) is 0 Å². The first kappa shape index (κ1) is 12.9. The standard InChI is InChI=1S/C14H14N2O3/c1-2-13(17)16-19-12-8-4-3-7-11(12)18-14-9-5-6-10-15-14/h3-10H,2H2,1H3,(H,16,17). The summed E-state index contributed by atoms with van der Waals surface area (Å²) in [4.78, 5) is 20.4. The van der Waals surface area contributed by atoms with E-state index in [1.807, 2.05) is 12.1 Å². The highest BCUT2D eigenvalue weighted by atomic mass is 16.7. The minimum Gasteiger partial charge on any atom is -0.435 e. The van der Waals surface area contributed by atoms with Crippen molar-refractivity contribution in [3.63, 3.8) is 0 Å². The first-order valence-electron chi connectivity index (χ1n) is 5.93. The van der Waals surface area contributed by atoms with Gasteiger partial charge in [0.05, 0.1) is 0 Å². The van der Waals surface area contributed by atoms with Gasteiger partial charge >= 0.3 is 0 Å². The van der Waals surface area contributed by atoms with Gasteiger partial charge in [0.2, 0.25) is 5.88 Å². The lowest BCUT2D eigenvalue weighted by Gasteiger charge is -2.11. The minimum absolute atomic E-state index is 0.201. The molecule has 5 nitrogen and oxygen atoms in total. The lowest BCUT2D eigenvalue weighted by molar-refractivity contribution is -0.127. The van der Waals surface area contributed by atoms with Crippen molar-refractivity contribution in [1.29, 1.82) is 0 Å². The molecule has 0 spiro atoms. The summed E-state index contributed by atoms with van der Waals surface area (Å²) in [5.74, 6) is 1.17. The first-order chi connectivity index (χ1) is 9.29. The summed E-state index contributed by atoms with van der Waals surface area (Å²) in [6, 6.07) is 12.4. The van der Waals surface area contributed by atoms with E-state index >= 15 is 0 Å². The quantitative estimate of drug-likeness (QED) is 0.838. The maximum atomic E-state index is 11.2. The fraction of sp³-hybridized carbons (Fsp3) is 0.143. The summed E-state index contributed by atoms with van der Waals surface area (Å²) in [6.07, 6.45) is 1.99. The second-order valence-corrected chi connectivity index (χ2v) is 3.70. The maximum absolute atomic E-state index is 11.2. The number of ether oxygens (including phenoxy) is 1. The molecule has 5 heteroatoms. The number of hydrogen-bond donors (Lipinski definition) is 1. The molecule has 1 aromatic heterocycles. The average molecular weight is 258 g/mol. The van der Waals surface area contributed by atoms with E-state index < -0.39 is 0 Å². The van der Waals surface area contributed by atoms with Gasteiger partial charge in [-0.1, -0.05) is 25.1 Å². The van der Waals surface area contributed by atoms with Crippen molar-refractivity contribution in [3.05, 3.63) is 48.7 Å². The number of carbonyl (C=O) groups is 1. The molecular formula is C14H14N2O3. The number of aromatic nitrogens is 1. The lowest BCUT2D eigenvalue weighted by Crippen LogP contribution is -2.26. The third-order valence-corrected chi connectivity index (χ3v) is 2.30. The Bertz CT molecular complexity index is 543. The number of amides is 1. The SMILES string of the molecule is CCC(=O)NOc1ccccc1Oc1ccccn1. The molecule has 1 N–H and O–H groups in total. The fourth-order valence-electron chi connectivity index (χ4n) is 1.32. The average Bonchev–Trinajstić information content (AvgIpc) is 2.47. The van der Waals surface area contributed by atoms with Crippen molar-refractivity contribution in [3.8, 4) is 17.4 Å². The Morgan fingerprint density at radius 2 is 1.89 bits per heavy atom. The Morgan fingerprint density at radius 3 is 2.58 bits per heavy atom. The Kier molecular flexibility index (Phi) is 4.34. The van der Waals surface area contributed by atoms with E-state index in [9.17, 15) is 4.79 Å². The summed E-state index contributed by atoms with van der Waals surface area (Å²) in [7, 11) is 0. The maximum Gasteiger partial charge on any atom is 0.252 e. The van der Waals surface area contributed by atoms with Crippen LogP contribution in [0.4, 0.5) is 0 Å². The topological polar surface area (TPSA) is 60.5 Å². The van der Waals surface area contributed by atoms with Gasteiger partial charge in [0.1, 0.15) is 0 Å². The van der Waals surface area contributed by atoms with Crippen molar-refractivity contribution in [1.82, 2.24) is 10.5 Å². The van der Waals surface area contributed by atoms with Gasteiger partial charge < -0.3 is 9.57 Å². The highest BCUT2D eigenvalue weighted by Gasteiger charge is 2.07. The second-order valence-electron chi connectivity index (χ2n) is 3.70. The van der Waals surface area contributed by atoms with Crippen LogP contribution in [0.2, 0.25) is 0 Å². The molecule has 1 aromatic carbocycles. The van der Waals surface area contributed by atoms with E-state index in [1.165, 1.54) is 0 Å². The number of para-hydroxylation sites is 2. The van der Waals surface area contributed by atoms with Crippen LogP contribution in [-0.2, 0) is 4.79 Å². The molecule has 0 aliphatic heterocycles. The first-order valence-corrected chi connectivity index (χ1v) is 5.93. The van der Waals surface area contributed by atoms with Crippen LogP contribution in [-0.4, -0.2) is 10.9 Å². The summed E-state index contributed by atoms with van der Waals surface area (Å²) >= 11 is 0. The normalized spacial score (nSPS) is 9.74. The van der Waals surface area contributed by atoms with Crippen molar-refractivity contribution >= 4 is 5.91 Å². The minimum atomic E-state index is -0.201. The molecule has 2 rings (SSSR count). The van der Waals surface area contributed by atoms with Gasteiger partial charge in [0.25, 0.3) is 5.91 Å². The number of carbonyl (C=O) groups excluding carboxylic acids is 1. The molecule has 98 valence electrons. The van der Waals surface area contributed by atoms with Crippen LogP contribution in [0, 0.1) is 0 Å². The molecule has 0 saturated heterocycles. The van der Waals surface area contributed by atoms with Crippen LogP contribution in [0.3, 0.4) is 0 Å². The third kappa shape index (κ3) is 3.70. The molecule has 0 saturated carbocycles. The number of benzene rings is 1. The monoisotopic (exact) mass is 258 g/mol. The summed E-state index contributed by atoms with van der Waals surface area (Å²) < 4.78 is 5.59. The molecule has 0 aliphatic rings. The highest BCUT2D eigenvalue weighted by molar-refractivity contribution is 5.74. The Hall–Kier alpha value is -2.56. The molecule has 0 fully saturated rings. The van der Waals surface area contributed by atoms with Crippen molar-refractivity contribution in [2.24, 2.45) is 0 Å². The smallest absolute Gasteiger partial charge is 0.252 e. The molecule has 0 unspecified atom stereocenters. The van der Waals surface area contributed by atoms with E-state index in [1.54, 1.807) is 43.5 Å². The van der Waals surface area contributed by atoms with Crippen LogP contribution in [0.5, 0.6) is 17.4 Å². The summed E-state index contributed by atoms with van der Waals surface area (Å²) in [6.45, 7) is 1.75. The lowest BCUT2D eigenvalue weighted by atomic mass is 10.3. The van der Waals surface area contributed by atoms with Crippen LogP contribution in [0.25, 0.3) is 0 Å². The molecule has 0 atom stereocenters. The zero-order valence-electron chi connectivity index (χ0n) is 10.5. The van der Waals surface area contributed by atoms with Gasteiger partial charge in [-0.25, -0.2) is 4.98 Å². The van der Waals surface area contributed by atoms with Crippen LogP contribution < -0.4 is 15.1 Å². The van der Waals surface area contributed by atoms with Crippen molar-refractivity contribution < 1.29 is 14.4 Å². The third-order valence-electron chi connectivity index (χ3n) is 2.30. The molecule has 1 heterocycles. The Morgan fingerprint density at radius 1 is 1.16 bits per heavy atom. The van der Waals surface area contributed by atoms with Crippen molar-refractivity contribution in [2.75, 3.05) is 0 Å². The number of pyridine rings is 1. The largest absolute Gasteiger partial charge is 0.435 e. The summed E-state index contributed by atoms with van der Waals surface area (Å²) in [5.41, 5.74) is 2.34. The highest BCUT2D eigenvalue weighted by Crippen LogP contribution is 2.29. The molecule has 2 aromatic rings. The molecule has 0 bridgehead atoms. The molecular weight excluding hydrogens is 244 g/mol. The number of hydroxylamine groups is 1. The number of hydrogen-bond acceptors (Lipinski definition) is 4. The predicted molar refractivity (Wildman–Crippen MR) is 69.8 cm³/mol. The van der Waals surface area contributed by atoms with Gasteiger partial charge in [0.15, 0.2) is 11.5 Å². The second kappa shape index (κ2) is 6.39. The number of nitrogens with zero attached hydrogens (tertiary/aromatic N) is 1. The number of nitrogens with one attached hydrogen (secondary N) is 1. The Labute approximate surface area is 111 Å². The molecule has 19 heavy (non-hydrogen) atoms. The Balaban J connectivity index is 2.10. The van der Waals surface area contributed by atoms with E-state index in [0.29, 0.717) is 23.8 Å². The molecule has 1 amide bonds. The zero-order chi connectivity index (χ0) is 13.5. The summed E-state index contributed by atoms with van der Waals surface area (Å²) in [5, 5.41) is 0. The van der Waals surface area contributed by atoms with Crippen LogP contribution in [0.1, 0.15) is 13.3 Å². The molecule has 0 aliphatic carbocycles. The number of rotatable bonds is 5. The fourth-order valence-corrected chi connectivity index (χ4v) is 1.32. The van der Waals surface area contributed by atoms with Crippen LogP contribution >= 0.6 is 0 Å². The van der Waals surface area contributed by atoms with E-state index in [-0.39, 0.29) is 5.91 Å². The van der Waals surface area contributed by atoms with Gasteiger partial charge in [-0.3, -0.25) is 4.79 Å². The van der Waals surface area contributed by atoms with Gasteiger partial charge in [-0.15, -0.1) is 0 Å². The van der Waals surface area contributed by atoms with Gasteiger partial charge in [0, 0.05) is 18.7 Å². The zero-order valence-corrected chi connectivity index (χ0v) is 10.5. The van der Waals surface area contributed by atoms with Gasteiger partial charge in [-0.05, 0) is 18.2 Å². The van der Waals surface area contributed by atoms with E-state index in [4.69, 9.17) is 9.57 Å². The van der Waals surface area contributed by atoms with Crippen molar-refractivity contribution in [2.45, 2.75) is 13.3 Å². The van der Waals surface area contributed by atoms with Crippen LogP contribution in [0.15, 0.2) is 48.7 Å². The van der Waals surface area contributed by atoms with Gasteiger partial charge in [-0.2, -0.15) is 5.48 Å². The van der Waals surface area contributed by atoms with E-state index in [2.05, 4.69) is 10.5 Å². The molecule has 0 radical (unpaired) electrons. The predicted octanol–water partition coefficient (Wildman–Crippen LogP) is 2.69.